The third-order valence-corrected chi connectivity index (χ3v) is 5.56. The number of amides is 1. The summed E-state index contributed by atoms with van der Waals surface area (Å²) < 4.78 is 6.81. The van der Waals surface area contributed by atoms with E-state index in [0.29, 0.717) is 53.7 Å². The van der Waals surface area contributed by atoms with Crippen molar-refractivity contribution < 1.29 is 9.53 Å². The highest BCUT2D eigenvalue weighted by Crippen LogP contribution is 2.24. The van der Waals surface area contributed by atoms with Gasteiger partial charge in [0.1, 0.15) is 5.75 Å². The average Bonchev–Trinajstić information content (AvgIpc) is 2.74. The average molecular weight is 405 g/mol. The predicted molar refractivity (Wildman–Crippen MR) is 117 cm³/mol. The highest BCUT2D eigenvalue weighted by atomic mass is 16.5. The smallest absolute Gasteiger partial charge is 0.279 e. The van der Waals surface area contributed by atoms with Crippen molar-refractivity contribution in [2.24, 2.45) is 11.8 Å². The minimum atomic E-state index is -0.244. The van der Waals surface area contributed by atoms with E-state index in [4.69, 9.17) is 4.74 Å². The molecule has 0 N–H and O–H groups in total. The number of piperidine rings is 1. The van der Waals surface area contributed by atoms with Gasteiger partial charge < -0.3 is 9.64 Å². The molecule has 1 amide bonds. The minimum absolute atomic E-state index is 0.121. The Labute approximate surface area is 176 Å². The first-order valence-corrected chi connectivity index (χ1v) is 10.5. The molecule has 30 heavy (non-hydrogen) atoms. The largest absolute Gasteiger partial charge is 0.494 e. The summed E-state index contributed by atoms with van der Waals surface area (Å²) in [5, 5.41) is 5.63. The maximum Gasteiger partial charge on any atom is 0.279 e. The van der Waals surface area contributed by atoms with Crippen molar-refractivity contribution in [3.8, 4) is 11.4 Å². The van der Waals surface area contributed by atoms with Crippen LogP contribution in [0.25, 0.3) is 16.5 Å². The van der Waals surface area contributed by atoms with E-state index in [1.165, 1.54) is 4.68 Å². The molecular formula is C24H27N3O3. The lowest BCUT2D eigenvalue weighted by Gasteiger charge is -2.35. The molecule has 3 aromatic rings. The van der Waals surface area contributed by atoms with Gasteiger partial charge in [-0.15, -0.1) is 0 Å². The van der Waals surface area contributed by atoms with Crippen LogP contribution in [0.4, 0.5) is 0 Å². The number of ether oxygens (including phenoxy) is 1. The van der Waals surface area contributed by atoms with Gasteiger partial charge in [0.2, 0.25) is 0 Å². The SMILES string of the molecule is CCOc1ccc(-n2nc(C(=O)N3CC(C)CC(C)C3)c3ccccc3c2=O)cc1. The first kappa shape index (κ1) is 20.1. The molecule has 0 bridgehead atoms. The zero-order valence-corrected chi connectivity index (χ0v) is 17.7. The molecule has 1 saturated heterocycles. The maximum atomic E-state index is 13.5. The summed E-state index contributed by atoms with van der Waals surface area (Å²) in [7, 11) is 0. The predicted octanol–water partition coefficient (Wildman–Crippen LogP) is 3.90. The lowest BCUT2D eigenvalue weighted by atomic mass is 9.91. The third kappa shape index (κ3) is 3.82. The van der Waals surface area contributed by atoms with E-state index in [1.54, 1.807) is 36.4 Å². The lowest BCUT2D eigenvalue weighted by molar-refractivity contribution is 0.0617. The zero-order chi connectivity index (χ0) is 21.3. The van der Waals surface area contributed by atoms with E-state index in [1.807, 2.05) is 24.0 Å². The lowest BCUT2D eigenvalue weighted by Crippen LogP contribution is -2.43. The number of fused-ring (bicyclic) bond motifs is 1. The Kier molecular flexibility index (Phi) is 5.57. The summed E-state index contributed by atoms with van der Waals surface area (Å²) >= 11 is 0. The number of hydrogen-bond donors (Lipinski definition) is 0. The number of nitrogens with zero attached hydrogens (tertiary/aromatic N) is 3. The van der Waals surface area contributed by atoms with Gasteiger partial charge in [0.15, 0.2) is 5.69 Å². The molecular weight excluding hydrogens is 378 g/mol. The van der Waals surface area contributed by atoms with Crippen LogP contribution in [0.2, 0.25) is 0 Å². The number of benzene rings is 2. The van der Waals surface area contributed by atoms with Crippen LogP contribution >= 0.6 is 0 Å². The molecule has 1 aliphatic rings. The van der Waals surface area contributed by atoms with Crippen LogP contribution in [0.15, 0.2) is 53.3 Å². The summed E-state index contributed by atoms with van der Waals surface area (Å²) in [4.78, 5) is 28.5. The number of carbonyl (C=O) groups excluding carboxylic acids is 1. The molecule has 2 aromatic carbocycles. The Morgan fingerprint density at radius 1 is 1.03 bits per heavy atom. The van der Waals surface area contributed by atoms with E-state index in [9.17, 15) is 9.59 Å². The Hall–Kier alpha value is -3.15. The van der Waals surface area contributed by atoms with E-state index in [-0.39, 0.29) is 11.5 Å². The van der Waals surface area contributed by atoms with Crippen LogP contribution < -0.4 is 10.3 Å². The van der Waals surface area contributed by atoms with Crippen molar-refractivity contribution >= 4 is 16.7 Å². The van der Waals surface area contributed by atoms with Gasteiger partial charge in [0.05, 0.1) is 17.7 Å². The Morgan fingerprint density at radius 2 is 1.67 bits per heavy atom. The fraction of sp³-hybridized carbons (Fsp3) is 0.375. The molecule has 2 atom stereocenters. The van der Waals surface area contributed by atoms with Crippen molar-refractivity contribution in [3.63, 3.8) is 0 Å². The number of aromatic nitrogens is 2. The van der Waals surface area contributed by atoms with Gasteiger partial charge in [-0.1, -0.05) is 32.0 Å². The van der Waals surface area contributed by atoms with Crippen molar-refractivity contribution in [2.45, 2.75) is 27.2 Å². The number of likely N-dealkylation sites (tertiary alicyclic amines) is 1. The standard InChI is InChI=1S/C24H27N3O3/c1-4-30-19-11-9-18(10-12-19)27-23(28)21-8-6-5-7-20(21)22(25-27)24(29)26-14-16(2)13-17(3)15-26/h5-12,16-17H,4,13-15H2,1-3H3. The molecule has 0 aliphatic carbocycles. The second kappa shape index (κ2) is 8.30. The number of rotatable bonds is 4. The van der Waals surface area contributed by atoms with Crippen molar-refractivity contribution in [3.05, 3.63) is 64.6 Å². The van der Waals surface area contributed by atoms with E-state index < -0.39 is 0 Å². The van der Waals surface area contributed by atoms with Gasteiger partial charge in [-0.3, -0.25) is 9.59 Å². The molecule has 2 heterocycles. The third-order valence-electron chi connectivity index (χ3n) is 5.56. The summed E-state index contributed by atoms with van der Waals surface area (Å²) in [6.07, 6.45) is 1.11. The van der Waals surface area contributed by atoms with Crippen LogP contribution in [-0.2, 0) is 0 Å². The highest BCUT2D eigenvalue weighted by Gasteiger charge is 2.29. The topological polar surface area (TPSA) is 64.4 Å². The van der Waals surface area contributed by atoms with Gasteiger partial charge in [-0.2, -0.15) is 9.78 Å². The molecule has 1 fully saturated rings. The highest BCUT2D eigenvalue weighted by molar-refractivity contribution is 6.04. The summed E-state index contributed by atoms with van der Waals surface area (Å²) in [6, 6.07) is 14.4. The second-order valence-electron chi connectivity index (χ2n) is 8.19. The van der Waals surface area contributed by atoms with Crippen molar-refractivity contribution in [1.82, 2.24) is 14.7 Å². The molecule has 1 aliphatic heterocycles. The van der Waals surface area contributed by atoms with E-state index in [0.717, 1.165) is 12.2 Å². The van der Waals surface area contributed by atoms with Crippen molar-refractivity contribution in [2.75, 3.05) is 19.7 Å². The molecule has 0 spiro atoms. The number of carbonyl (C=O) groups is 1. The Balaban J connectivity index is 1.82. The molecule has 1 aromatic heterocycles. The molecule has 2 unspecified atom stereocenters. The normalized spacial score (nSPS) is 19.1. The molecule has 6 nitrogen and oxygen atoms in total. The first-order chi connectivity index (χ1) is 14.5. The van der Waals surface area contributed by atoms with Crippen LogP contribution in [-0.4, -0.2) is 40.3 Å². The summed E-state index contributed by atoms with van der Waals surface area (Å²) in [5.41, 5.74) is 0.677. The Bertz CT molecular complexity index is 1110. The van der Waals surface area contributed by atoms with E-state index in [2.05, 4.69) is 18.9 Å². The minimum Gasteiger partial charge on any atom is -0.494 e. The summed E-state index contributed by atoms with van der Waals surface area (Å²) in [5.74, 6) is 1.49. The fourth-order valence-electron chi connectivity index (χ4n) is 4.35. The van der Waals surface area contributed by atoms with Gasteiger partial charge in [0.25, 0.3) is 11.5 Å². The summed E-state index contributed by atoms with van der Waals surface area (Å²) in [6.45, 7) is 8.25. The monoisotopic (exact) mass is 405 g/mol. The van der Waals surface area contributed by atoms with Crippen LogP contribution in [0.3, 0.4) is 0 Å². The van der Waals surface area contributed by atoms with Gasteiger partial charge in [-0.05, 0) is 55.5 Å². The van der Waals surface area contributed by atoms with E-state index >= 15 is 0 Å². The Morgan fingerprint density at radius 3 is 2.30 bits per heavy atom. The van der Waals surface area contributed by atoms with Crippen LogP contribution in [0.1, 0.15) is 37.7 Å². The van der Waals surface area contributed by atoms with Gasteiger partial charge >= 0.3 is 0 Å². The first-order valence-electron chi connectivity index (χ1n) is 10.5. The van der Waals surface area contributed by atoms with Crippen LogP contribution in [0.5, 0.6) is 5.75 Å². The quantitative estimate of drug-likeness (QED) is 0.660. The molecule has 156 valence electrons. The molecule has 4 rings (SSSR count). The van der Waals surface area contributed by atoms with Gasteiger partial charge in [-0.25, -0.2) is 0 Å². The van der Waals surface area contributed by atoms with Crippen molar-refractivity contribution in [1.29, 1.82) is 0 Å². The zero-order valence-electron chi connectivity index (χ0n) is 17.7. The molecule has 0 saturated carbocycles. The fourth-order valence-corrected chi connectivity index (χ4v) is 4.35. The molecule has 0 radical (unpaired) electrons. The number of hydrogen-bond acceptors (Lipinski definition) is 4. The molecule has 6 heteroatoms. The van der Waals surface area contributed by atoms with Crippen LogP contribution in [0, 0.1) is 11.8 Å². The second-order valence-corrected chi connectivity index (χ2v) is 8.19. The maximum absolute atomic E-state index is 13.5. The van der Waals surface area contributed by atoms with Gasteiger partial charge in [0, 0.05) is 18.5 Å².